The molecule has 0 saturated heterocycles. The number of non-ortho nitro benzene ring substituents is 1. The topological polar surface area (TPSA) is 112 Å². The van der Waals surface area contributed by atoms with Crippen molar-refractivity contribution in [3.63, 3.8) is 0 Å². The molecule has 0 saturated carbocycles. The monoisotopic (exact) mass is 395 g/mol. The van der Waals surface area contributed by atoms with Gasteiger partial charge in [0, 0.05) is 17.7 Å². The Morgan fingerprint density at radius 3 is 2.83 bits per heavy atom. The van der Waals surface area contributed by atoms with Gasteiger partial charge in [-0.2, -0.15) is 5.10 Å². The van der Waals surface area contributed by atoms with Crippen molar-refractivity contribution in [1.29, 1.82) is 0 Å². The molecule has 0 bridgehead atoms. The van der Waals surface area contributed by atoms with Crippen LogP contribution in [0.1, 0.15) is 11.1 Å². The van der Waals surface area contributed by atoms with Gasteiger partial charge in [-0.3, -0.25) is 14.9 Å². The van der Waals surface area contributed by atoms with Gasteiger partial charge in [0.25, 0.3) is 5.69 Å². The van der Waals surface area contributed by atoms with Crippen molar-refractivity contribution in [3.05, 3.63) is 57.6 Å². The molecule has 0 unspecified atom stereocenters. The Kier molecular flexibility index (Phi) is 6.27. The number of fused-ring (bicyclic) bond motifs is 1. The summed E-state index contributed by atoms with van der Waals surface area (Å²) in [6.07, 6.45) is 6.51. The first-order valence-corrected chi connectivity index (χ1v) is 8.62. The first kappa shape index (κ1) is 19.7. The van der Waals surface area contributed by atoms with Crippen LogP contribution in [-0.2, 0) is 11.2 Å². The number of nitrogens with one attached hydrogen (secondary N) is 1. The number of hydrogen-bond donors (Lipinski definition) is 1. The highest BCUT2D eigenvalue weighted by Crippen LogP contribution is 2.30. The number of ether oxygens (including phenoxy) is 3. The molecule has 148 valence electrons. The van der Waals surface area contributed by atoms with E-state index in [1.54, 1.807) is 18.2 Å². The molecular weight excluding hydrogens is 378 g/mol. The summed E-state index contributed by atoms with van der Waals surface area (Å²) in [6, 6.07) is 9.26. The molecule has 1 aliphatic rings. The van der Waals surface area contributed by atoms with Crippen LogP contribution in [0.4, 0.5) is 5.69 Å². The van der Waals surface area contributed by atoms with Gasteiger partial charge >= 0.3 is 0 Å². The average molecular weight is 395 g/mol. The molecule has 0 aromatic heterocycles. The van der Waals surface area contributed by atoms with Crippen LogP contribution in [0.5, 0.6) is 17.2 Å². The fourth-order valence-corrected chi connectivity index (χ4v) is 2.60. The Bertz CT molecular complexity index is 996. The van der Waals surface area contributed by atoms with Crippen LogP contribution in [0, 0.1) is 22.5 Å². The second kappa shape index (κ2) is 9.23. The zero-order valence-corrected chi connectivity index (χ0v) is 15.3. The predicted molar refractivity (Wildman–Crippen MR) is 104 cm³/mol. The number of nitrogens with zero attached hydrogens (tertiary/aromatic N) is 2. The van der Waals surface area contributed by atoms with Crippen LogP contribution < -0.4 is 19.6 Å². The molecule has 0 spiro atoms. The number of amides is 1. The molecule has 1 aliphatic heterocycles. The highest BCUT2D eigenvalue weighted by Gasteiger charge is 2.13. The van der Waals surface area contributed by atoms with Crippen molar-refractivity contribution < 1.29 is 23.9 Å². The Morgan fingerprint density at radius 1 is 1.28 bits per heavy atom. The molecule has 1 amide bonds. The maximum atomic E-state index is 12.1. The number of hydrogen-bond acceptors (Lipinski definition) is 7. The van der Waals surface area contributed by atoms with Crippen molar-refractivity contribution in [2.75, 3.05) is 19.8 Å². The molecule has 0 radical (unpaired) electrons. The molecular formula is C20H17N3O6. The SMILES string of the molecule is C#CCOc1ccc([N+](=O)[O-])cc1/C=N/NC(=O)Cc1ccc2c(c1)OCCO2. The van der Waals surface area contributed by atoms with Crippen LogP contribution in [0.25, 0.3) is 0 Å². The van der Waals surface area contributed by atoms with Crippen LogP contribution in [0.15, 0.2) is 41.5 Å². The molecule has 1 heterocycles. The lowest BCUT2D eigenvalue weighted by Crippen LogP contribution is -2.20. The lowest BCUT2D eigenvalue weighted by Gasteiger charge is -2.18. The van der Waals surface area contributed by atoms with Gasteiger partial charge in [0.05, 0.1) is 17.6 Å². The number of benzene rings is 2. The molecule has 2 aromatic rings. The molecule has 3 rings (SSSR count). The van der Waals surface area contributed by atoms with Crippen molar-refractivity contribution in [2.45, 2.75) is 6.42 Å². The predicted octanol–water partition coefficient (Wildman–Crippen LogP) is 2.07. The van der Waals surface area contributed by atoms with E-state index >= 15 is 0 Å². The lowest BCUT2D eigenvalue weighted by atomic mass is 10.1. The van der Waals surface area contributed by atoms with Gasteiger partial charge in [0.15, 0.2) is 11.5 Å². The fourth-order valence-electron chi connectivity index (χ4n) is 2.60. The second-order valence-corrected chi connectivity index (χ2v) is 5.92. The molecule has 29 heavy (non-hydrogen) atoms. The summed E-state index contributed by atoms with van der Waals surface area (Å²) in [5, 5.41) is 14.8. The number of carbonyl (C=O) groups excluding carboxylic acids is 1. The largest absolute Gasteiger partial charge is 0.486 e. The molecule has 1 N–H and O–H groups in total. The summed E-state index contributed by atoms with van der Waals surface area (Å²) in [5.41, 5.74) is 3.29. The van der Waals surface area contributed by atoms with E-state index in [0.717, 1.165) is 5.56 Å². The van der Waals surface area contributed by atoms with Crippen LogP contribution in [0.3, 0.4) is 0 Å². The van der Waals surface area contributed by atoms with Gasteiger partial charge in [-0.15, -0.1) is 6.42 Å². The van der Waals surface area contributed by atoms with Crippen LogP contribution in [-0.4, -0.2) is 36.9 Å². The molecule has 0 fully saturated rings. The summed E-state index contributed by atoms with van der Waals surface area (Å²) in [4.78, 5) is 22.6. The standard InChI is InChI=1S/C20H17N3O6/c1-2-7-27-17-6-4-16(23(25)26)12-15(17)13-21-22-20(24)11-14-3-5-18-19(10-14)29-9-8-28-18/h1,3-6,10,12-13H,7-9,11H2,(H,22,24)/b21-13+. The minimum absolute atomic E-state index is 0.00484. The highest BCUT2D eigenvalue weighted by molar-refractivity contribution is 5.86. The van der Waals surface area contributed by atoms with E-state index < -0.39 is 4.92 Å². The van der Waals surface area contributed by atoms with Gasteiger partial charge in [-0.1, -0.05) is 12.0 Å². The van der Waals surface area contributed by atoms with Crippen LogP contribution >= 0.6 is 0 Å². The summed E-state index contributed by atoms with van der Waals surface area (Å²) in [5.74, 6) is 3.50. The first-order valence-electron chi connectivity index (χ1n) is 8.62. The Labute approximate surface area is 166 Å². The van der Waals surface area contributed by atoms with E-state index in [9.17, 15) is 14.9 Å². The fraction of sp³-hybridized carbons (Fsp3) is 0.200. The maximum Gasteiger partial charge on any atom is 0.270 e. The number of carbonyl (C=O) groups is 1. The number of nitro benzene ring substituents is 1. The van der Waals surface area contributed by atoms with Gasteiger partial charge in [-0.05, 0) is 23.8 Å². The average Bonchev–Trinajstić information content (AvgIpc) is 2.72. The van der Waals surface area contributed by atoms with Crippen molar-refractivity contribution in [3.8, 4) is 29.6 Å². The first-order chi connectivity index (χ1) is 14.1. The van der Waals surface area contributed by atoms with Crippen molar-refractivity contribution >= 4 is 17.8 Å². The second-order valence-electron chi connectivity index (χ2n) is 5.92. The van der Waals surface area contributed by atoms with Crippen LogP contribution in [0.2, 0.25) is 0 Å². The minimum atomic E-state index is -0.539. The van der Waals surface area contributed by atoms with E-state index in [0.29, 0.717) is 36.0 Å². The van der Waals surface area contributed by atoms with E-state index in [4.69, 9.17) is 20.6 Å². The zero-order chi connectivity index (χ0) is 20.6. The van der Waals surface area contributed by atoms with E-state index in [2.05, 4.69) is 16.4 Å². The summed E-state index contributed by atoms with van der Waals surface area (Å²) < 4.78 is 16.3. The molecule has 0 aliphatic carbocycles. The van der Waals surface area contributed by atoms with E-state index in [1.165, 1.54) is 24.4 Å². The number of rotatable bonds is 7. The van der Waals surface area contributed by atoms with Gasteiger partial charge in [0.2, 0.25) is 5.91 Å². The summed E-state index contributed by atoms with van der Waals surface area (Å²) >= 11 is 0. The Hall–Kier alpha value is -4.06. The quantitative estimate of drug-likeness (QED) is 0.332. The third kappa shape index (κ3) is 5.23. The zero-order valence-electron chi connectivity index (χ0n) is 15.3. The van der Waals surface area contributed by atoms with Gasteiger partial charge in [0.1, 0.15) is 25.6 Å². The third-order valence-electron chi connectivity index (χ3n) is 3.88. The summed E-state index contributed by atoms with van der Waals surface area (Å²) in [6.45, 7) is 0.946. The Balaban J connectivity index is 1.65. The minimum Gasteiger partial charge on any atom is -0.486 e. The molecule has 2 aromatic carbocycles. The molecule has 9 heteroatoms. The molecule has 0 atom stereocenters. The maximum absolute atomic E-state index is 12.1. The smallest absolute Gasteiger partial charge is 0.270 e. The van der Waals surface area contributed by atoms with Crippen molar-refractivity contribution in [2.24, 2.45) is 5.10 Å². The normalized spacial score (nSPS) is 12.2. The number of nitro groups is 1. The highest BCUT2D eigenvalue weighted by atomic mass is 16.6. The van der Waals surface area contributed by atoms with E-state index in [-0.39, 0.29) is 24.6 Å². The van der Waals surface area contributed by atoms with Gasteiger partial charge in [-0.25, -0.2) is 5.43 Å². The van der Waals surface area contributed by atoms with Gasteiger partial charge < -0.3 is 14.2 Å². The third-order valence-corrected chi connectivity index (χ3v) is 3.88. The lowest BCUT2D eigenvalue weighted by molar-refractivity contribution is -0.384. The number of hydrazone groups is 1. The van der Waals surface area contributed by atoms with Crippen molar-refractivity contribution in [1.82, 2.24) is 5.43 Å². The Morgan fingerprint density at radius 2 is 2.07 bits per heavy atom. The summed E-state index contributed by atoms with van der Waals surface area (Å²) in [7, 11) is 0. The van der Waals surface area contributed by atoms with E-state index in [1.807, 2.05) is 0 Å². The number of terminal acetylenes is 1. The molecule has 9 nitrogen and oxygen atoms in total.